The van der Waals surface area contributed by atoms with E-state index in [9.17, 15) is 0 Å². The van der Waals surface area contributed by atoms with Gasteiger partial charge in [0.25, 0.3) is 0 Å². The van der Waals surface area contributed by atoms with Gasteiger partial charge in [0.2, 0.25) is 0 Å². The zero-order valence-corrected chi connectivity index (χ0v) is 9.69. The third-order valence-electron chi connectivity index (χ3n) is 3.67. The van der Waals surface area contributed by atoms with Crippen molar-refractivity contribution >= 4 is 0 Å². The zero-order chi connectivity index (χ0) is 11.4. The van der Waals surface area contributed by atoms with Gasteiger partial charge in [-0.15, -0.1) is 0 Å². The number of fused-ring (bicyclic) bond motifs is 2. The molecule has 0 amide bonds. The van der Waals surface area contributed by atoms with Crippen LogP contribution in [0.5, 0.6) is 0 Å². The second-order valence-corrected chi connectivity index (χ2v) is 4.63. The maximum absolute atomic E-state index is 6.09. The highest BCUT2D eigenvalue weighted by molar-refractivity contribution is 5.00. The van der Waals surface area contributed by atoms with Crippen LogP contribution in [0.15, 0.2) is 25.7 Å². The molecule has 2 saturated heterocycles. The van der Waals surface area contributed by atoms with Crippen LogP contribution in [-0.4, -0.2) is 24.9 Å². The smallest absolute Gasteiger partial charge is 0.0927 e. The predicted molar refractivity (Wildman–Crippen MR) is 61.9 cm³/mol. The van der Waals surface area contributed by atoms with Crippen molar-refractivity contribution in [1.29, 1.82) is 0 Å². The first kappa shape index (κ1) is 11.5. The highest BCUT2D eigenvalue weighted by atomic mass is 16.5. The largest absolute Gasteiger partial charge is 0.502 e. The molecule has 0 saturated carbocycles. The lowest BCUT2D eigenvalue weighted by atomic mass is 9.80. The minimum atomic E-state index is 0.0445. The summed E-state index contributed by atoms with van der Waals surface area (Å²) >= 11 is 0. The van der Waals surface area contributed by atoms with Crippen molar-refractivity contribution in [2.24, 2.45) is 5.92 Å². The quantitative estimate of drug-likeness (QED) is 0.491. The summed E-state index contributed by atoms with van der Waals surface area (Å²) in [6, 6.07) is 0. The monoisotopic (exact) mass is 224 g/mol. The molecule has 3 nitrogen and oxygen atoms in total. The maximum Gasteiger partial charge on any atom is 0.0927 e. The predicted octanol–water partition coefficient (Wildman–Crippen LogP) is 2.63. The molecule has 2 aliphatic heterocycles. The van der Waals surface area contributed by atoms with Crippen LogP contribution in [0.3, 0.4) is 0 Å². The lowest BCUT2D eigenvalue weighted by molar-refractivity contribution is -0.00884. The molecular formula is C13H20O3. The molecule has 3 unspecified atom stereocenters. The normalized spacial score (nSPS) is 36.0. The Morgan fingerprint density at radius 3 is 2.88 bits per heavy atom. The van der Waals surface area contributed by atoms with Crippen molar-refractivity contribution in [2.75, 3.05) is 13.2 Å². The molecule has 2 fully saturated rings. The van der Waals surface area contributed by atoms with Crippen LogP contribution in [0.25, 0.3) is 0 Å². The van der Waals surface area contributed by atoms with E-state index in [4.69, 9.17) is 14.2 Å². The van der Waals surface area contributed by atoms with E-state index in [-0.39, 0.29) is 5.60 Å². The van der Waals surface area contributed by atoms with Crippen LogP contribution >= 0.6 is 0 Å². The van der Waals surface area contributed by atoms with E-state index in [0.717, 1.165) is 32.3 Å². The van der Waals surface area contributed by atoms with Crippen LogP contribution < -0.4 is 0 Å². The van der Waals surface area contributed by atoms with Crippen molar-refractivity contribution < 1.29 is 14.2 Å². The molecular weight excluding hydrogens is 204 g/mol. The van der Waals surface area contributed by atoms with Gasteiger partial charge in [-0.2, -0.15) is 0 Å². The second-order valence-electron chi connectivity index (χ2n) is 4.63. The number of ether oxygens (including phenoxy) is 3. The average molecular weight is 224 g/mol. The first-order valence-corrected chi connectivity index (χ1v) is 5.92. The van der Waals surface area contributed by atoms with Crippen LogP contribution in [0, 0.1) is 5.92 Å². The summed E-state index contributed by atoms with van der Waals surface area (Å²) in [4.78, 5) is 0. The fraction of sp³-hybridized carbons (Fsp3) is 0.692. The summed E-state index contributed by atoms with van der Waals surface area (Å²) in [7, 11) is 0. The van der Waals surface area contributed by atoms with E-state index < -0.39 is 0 Å². The molecule has 2 heterocycles. The van der Waals surface area contributed by atoms with Crippen molar-refractivity contribution in [3.05, 3.63) is 25.7 Å². The lowest BCUT2D eigenvalue weighted by Crippen LogP contribution is -2.29. The van der Waals surface area contributed by atoms with Crippen molar-refractivity contribution in [2.45, 2.75) is 37.4 Å². The van der Waals surface area contributed by atoms with E-state index >= 15 is 0 Å². The molecule has 2 rings (SSSR count). The molecule has 2 bridgehead atoms. The molecule has 0 aromatic rings. The molecule has 0 aromatic carbocycles. The van der Waals surface area contributed by atoms with E-state index in [2.05, 4.69) is 13.2 Å². The summed E-state index contributed by atoms with van der Waals surface area (Å²) in [6.45, 7) is 8.55. The first-order chi connectivity index (χ1) is 7.79. The van der Waals surface area contributed by atoms with E-state index in [1.54, 1.807) is 0 Å². The summed E-state index contributed by atoms with van der Waals surface area (Å²) in [5.41, 5.74) is 0.0445. The van der Waals surface area contributed by atoms with Gasteiger partial charge in [0, 0.05) is 12.3 Å². The van der Waals surface area contributed by atoms with Gasteiger partial charge in [0.1, 0.15) is 0 Å². The molecule has 3 atom stereocenters. The fourth-order valence-corrected chi connectivity index (χ4v) is 2.91. The molecule has 0 N–H and O–H groups in total. The van der Waals surface area contributed by atoms with Crippen molar-refractivity contribution in [1.82, 2.24) is 0 Å². The van der Waals surface area contributed by atoms with Crippen molar-refractivity contribution in [3.8, 4) is 0 Å². The number of hydrogen-bond acceptors (Lipinski definition) is 3. The van der Waals surface area contributed by atoms with E-state index in [1.807, 2.05) is 0 Å². The van der Waals surface area contributed by atoms with Crippen molar-refractivity contribution in [3.63, 3.8) is 0 Å². The van der Waals surface area contributed by atoms with Gasteiger partial charge in [-0.3, -0.25) is 0 Å². The van der Waals surface area contributed by atoms with Crippen LogP contribution in [0.4, 0.5) is 0 Å². The Bertz CT molecular complexity index is 264. The van der Waals surface area contributed by atoms with Gasteiger partial charge >= 0.3 is 0 Å². The molecule has 0 aliphatic carbocycles. The summed E-state index contributed by atoms with van der Waals surface area (Å²) < 4.78 is 16.6. The molecule has 0 radical (unpaired) electrons. The minimum absolute atomic E-state index is 0.0445. The average Bonchev–Trinajstić information content (AvgIpc) is 2.84. The molecule has 0 aromatic heterocycles. The Balaban J connectivity index is 1.83. The summed E-state index contributed by atoms with van der Waals surface area (Å²) in [6.07, 6.45) is 7.74. The molecule has 90 valence electrons. The van der Waals surface area contributed by atoms with E-state index in [0.29, 0.717) is 18.6 Å². The zero-order valence-electron chi connectivity index (χ0n) is 9.69. The third kappa shape index (κ3) is 2.24. The van der Waals surface area contributed by atoms with Crippen LogP contribution in [0.2, 0.25) is 0 Å². The van der Waals surface area contributed by atoms with Gasteiger partial charge in [0.15, 0.2) is 0 Å². The maximum atomic E-state index is 6.09. The van der Waals surface area contributed by atoms with Gasteiger partial charge in [-0.05, 0) is 19.3 Å². The standard InChI is InChI=1S/C13H20O3/c1-3-14-8-7-13-6-5-12(16-13)11(9-13)10-15-4-2/h3-4,11-12H,1-2,5-10H2. The first-order valence-electron chi connectivity index (χ1n) is 5.92. The molecule has 0 spiro atoms. The minimum Gasteiger partial charge on any atom is -0.502 e. The Morgan fingerprint density at radius 1 is 1.31 bits per heavy atom. The van der Waals surface area contributed by atoms with Gasteiger partial charge in [0.05, 0.1) is 37.4 Å². The Kier molecular flexibility index (Phi) is 3.54. The Hall–Kier alpha value is -0.960. The van der Waals surface area contributed by atoms with Gasteiger partial charge in [-0.1, -0.05) is 13.2 Å². The Morgan fingerprint density at radius 2 is 2.12 bits per heavy atom. The van der Waals surface area contributed by atoms with Crippen LogP contribution in [-0.2, 0) is 14.2 Å². The van der Waals surface area contributed by atoms with E-state index in [1.165, 1.54) is 12.5 Å². The molecule has 2 aliphatic rings. The summed E-state index contributed by atoms with van der Waals surface area (Å²) in [5.74, 6) is 0.524. The SMILES string of the molecule is C=COCCC12CCC(O1)C(COC=C)C2. The van der Waals surface area contributed by atoms with Crippen LogP contribution in [0.1, 0.15) is 25.7 Å². The fourth-order valence-electron chi connectivity index (χ4n) is 2.91. The second kappa shape index (κ2) is 4.91. The number of hydrogen-bond donors (Lipinski definition) is 0. The highest BCUT2D eigenvalue weighted by Crippen LogP contribution is 2.48. The topological polar surface area (TPSA) is 27.7 Å². The summed E-state index contributed by atoms with van der Waals surface area (Å²) in [5, 5.41) is 0. The van der Waals surface area contributed by atoms with Gasteiger partial charge < -0.3 is 14.2 Å². The number of rotatable bonds is 7. The van der Waals surface area contributed by atoms with Gasteiger partial charge in [-0.25, -0.2) is 0 Å². The third-order valence-corrected chi connectivity index (χ3v) is 3.67. The molecule has 16 heavy (non-hydrogen) atoms. The molecule has 3 heteroatoms. The Labute approximate surface area is 97.1 Å². The highest BCUT2D eigenvalue weighted by Gasteiger charge is 2.51. The lowest BCUT2D eigenvalue weighted by Gasteiger charge is -2.26.